The molecule has 0 aliphatic heterocycles. The van der Waals surface area contributed by atoms with E-state index in [2.05, 4.69) is 15.2 Å². The molecule has 1 aromatic carbocycles. The number of hydrogen-bond donors (Lipinski definition) is 2. The van der Waals surface area contributed by atoms with Crippen molar-refractivity contribution in [3.63, 3.8) is 0 Å². The predicted molar refractivity (Wildman–Crippen MR) is 60.2 cm³/mol. The molecular weight excluding hydrogens is 281 g/mol. The van der Waals surface area contributed by atoms with Gasteiger partial charge >= 0.3 is 5.69 Å². The van der Waals surface area contributed by atoms with Crippen LogP contribution in [0.15, 0.2) is 29.4 Å². The molecule has 19 heavy (non-hydrogen) atoms. The Morgan fingerprint density at radius 3 is 2.74 bits per heavy atom. The van der Waals surface area contributed by atoms with Gasteiger partial charge in [0.1, 0.15) is 6.33 Å². The van der Waals surface area contributed by atoms with E-state index in [1.165, 1.54) is 0 Å². The molecule has 9 nitrogen and oxygen atoms in total. The van der Waals surface area contributed by atoms with Crippen molar-refractivity contribution in [2.45, 2.75) is 4.90 Å². The largest absolute Gasteiger partial charge is 0.325 e. The molecule has 1 heterocycles. The van der Waals surface area contributed by atoms with E-state index in [9.17, 15) is 22.9 Å². The van der Waals surface area contributed by atoms with E-state index in [1.807, 2.05) is 4.72 Å². The Balaban J connectivity index is 2.52. The maximum atomic E-state index is 13.3. The maximum absolute atomic E-state index is 13.3. The molecule has 0 unspecified atom stereocenters. The average molecular weight is 287 g/mol. The van der Waals surface area contributed by atoms with Gasteiger partial charge in [-0.25, -0.2) is 18.2 Å². The van der Waals surface area contributed by atoms with Crippen molar-refractivity contribution in [1.29, 1.82) is 0 Å². The molecule has 0 atom stereocenters. The zero-order valence-corrected chi connectivity index (χ0v) is 9.89. The lowest BCUT2D eigenvalue weighted by Gasteiger charge is -2.05. The van der Waals surface area contributed by atoms with Gasteiger partial charge in [0.15, 0.2) is 4.90 Å². The summed E-state index contributed by atoms with van der Waals surface area (Å²) >= 11 is 0. The van der Waals surface area contributed by atoms with Crippen LogP contribution < -0.4 is 4.72 Å². The van der Waals surface area contributed by atoms with E-state index in [0.29, 0.717) is 0 Å². The minimum absolute atomic E-state index is 0.237. The van der Waals surface area contributed by atoms with Crippen molar-refractivity contribution in [2.75, 3.05) is 4.72 Å². The first-order valence-electron chi connectivity index (χ1n) is 4.73. The second kappa shape index (κ2) is 4.61. The fourth-order valence-corrected chi connectivity index (χ4v) is 2.47. The van der Waals surface area contributed by atoms with Crippen LogP contribution in [0.4, 0.5) is 16.0 Å². The van der Waals surface area contributed by atoms with Crippen molar-refractivity contribution in [3.05, 3.63) is 40.5 Å². The number of nitrogens with one attached hydrogen (secondary N) is 2. The van der Waals surface area contributed by atoms with Crippen LogP contribution in [0.5, 0.6) is 0 Å². The Kier molecular flexibility index (Phi) is 3.12. The molecule has 0 bridgehead atoms. The van der Waals surface area contributed by atoms with Crippen LogP contribution in [0.3, 0.4) is 0 Å². The number of nitro groups is 1. The van der Waals surface area contributed by atoms with E-state index in [-0.39, 0.29) is 5.95 Å². The van der Waals surface area contributed by atoms with Crippen LogP contribution in [0.25, 0.3) is 0 Å². The van der Waals surface area contributed by atoms with Gasteiger partial charge < -0.3 is 0 Å². The smallest absolute Gasteiger partial charge is 0.258 e. The number of nitro benzene ring substituents is 1. The third kappa shape index (κ3) is 2.49. The van der Waals surface area contributed by atoms with Crippen LogP contribution >= 0.6 is 0 Å². The first-order chi connectivity index (χ1) is 8.92. The van der Waals surface area contributed by atoms with Crippen LogP contribution in [0, 0.1) is 15.9 Å². The van der Waals surface area contributed by atoms with Crippen LogP contribution in [0.2, 0.25) is 0 Å². The highest BCUT2D eigenvalue weighted by Crippen LogP contribution is 2.27. The topological polar surface area (TPSA) is 131 Å². The molecule has 0 aliphatic carbocycles. The van der Waals surface area contributed by atoms with Gasteiger partial charge in [-0.1, -0.05) is 6.07 Å². The molecule has 0 amide bonds. The second-order valence-corrected chi connectivity index (χ2v) is 4.93. The average Bonchev–Trinajstić information content (AvgIpc) is 2.80. The fourth-order valence-electron chi connectivity index (χ4n) is 1.33. The Morgan fingerprint density at radius 1 is 1.42 bits per heavy atom. The lowest BCUT2D eigenvalue weighted by Crippen LogP contribution is -2.16. The minimum Gasteiger partial charge on any atom is -0.258 e. The van der Waals surface area contributed by atoms with Crippen molar-refractivity contribution >= 4 is 21.7 Å². The van der Waals surface area contributed by atoms with Gasteiger partial charge in [0.05, 0.1) is 4.92 Å². The molecule has 2 aromatic rings. The van der Waals surface area contributed by atoms with Crippen molar-refractivity contribution in [1.82, 2.24) is 15.2 Å². The molecule has 0 saturated carbocycles. The predicted octanol–water partition coefficient (Wildman–Crippen LogP) is 0.653. The third-order valence-electron chi connectivity index (χ3n) is 2.07. The van der Waals surface area contributed by atoms with Gasteiger partial charge in [0.25, 0.3) is 10.0 Å². The third-order valence-corrected chi connectivity index (χ3v) is 3.44. The van der Waals surface area contributed by atoms with E-state index < -0.39 is 31.3 Å². The molecule has 0 saturated heterocycles. The van der Waals surface area contributed by atoms with Gasteiger partial charge in [-0.15, -0.1) is 0 Å². The van der Waals surface area contributed by atoms with E-state index >= 15 is 0 Å². The summed E-state index contributed by atoms with van der Waals surface area (Å²) in [6, 6.07) is 2.77. The number of halogens is 1. The number of rotatable bonds is 4. The Hall–Kier alpha value is -2.56. The van der Waals surface area contributed by atoms with E-state index in [0.717, 1.165) is 24.5 Å². The van der Waals surface area contributed by atoms with Gasteiger partial charge in [0.2, 0.25) is 11.8 Å². The first-order valence-corrected chi connectivity index (χ1v) is 6.21. The fraction of sp³-hybridized carbons (Fsp3) is 0. The SMILES string of the molecule is O=[N+]([O-])c1c(F)cccc1S(=O)(=O)Nc1ncn[nH]1. The highest BCUT2D eigenvalue weighted by atomic mass is 32.2. The number of anilines is 1. The quantitative estimate of drug-likeness (QED) is 0.627. The highest BCUT2D eigenvalue weighted by Gasteiger charge is 2.29. The summed E-state index contributed by atoms with van der Waals surface area (Å²) in [5.74, 6) is -1.48. The molecule has 2 N–H and O–H groups in total. The molecule has 0 radical (unpaired) electrons. The van der Waals surface area contributed by atoms with Crippen molar-refractivity contribution in [3.8, 4) is 0 Å². The summed E-state index contributed by atoms with van der Waals surface area (Å²) in [5, 5.41) is 16.3. The number of sulfonamides is 1. The van der Waals surface area contributed by atoms with Gasteiger partial charge in [-0.05, 0) is 12.1 Å². The van der Waals surface area contributed by atoms with Crippen LogP contribution in [-0.2, 0) is 10.0 Å². The monoisotopic (exact) mass is 287 g/mol. The number of para-hydroxylation sites is 1. The zero-order valence-electron chi connectivity index (χ0n) is 9.07. The molecular formula is C8H6FN5O4S. The molecule has 2 rings (SSSR count). The van der Waals surface area contributed by atoms with Crippen molar-refractivity contribution < 1.29 is 17.7 Å². The molecule has 0 aliphatic rings. The molecule has 0 fully saturated rings. The van der Waals surface area contributed by atoms with Gasteiger partial charge in [-0.3, -0.25) is 10.1 Å². The lowest BCUT2D eigenvalue weighted by molar-refractivity contribution is -0.390. The molecule has 11 heteroatoms. The molecule has 1 aromatic heterocycles. The second-order valence-electron chi connectivity index (χ2n) is 3.28. The summed E-state index contributed by atoms with van der Waals surface area (Å²) in [5.41, 5.74) is -1.13. The summed E-state index contributed by atoms with van der Waals surface area (Å²) < 4.78 is 39.1. The van der Waals surface area contributed by atoms with E-state index in [4.69, 9.17) is 0 Å². The number of aromatic amines is 1. The maximum Gasteiger partial charge on any atom is 0.325 e. The first kappa shape index (κ1) is 12.9. The Morgan fingerprint density at radius 2 is 2.16 bits per heavy atom. The van der Waals surface area contributed by atoms with E-state index in [1.54, 1.807) is 0 Å². The normalized spacial score (nSPS) is 11.2. The lowest BCUT2D eigenvalue weighted by atomic mass is 10.3. The van der Waals surface area contributed by atoms with Crippen LogP contribution in [0.1, 0.15) is 0 Å². The van der Waals surface area contributed by atoms with Crippen molar-refractivity contribution in [2.24, 2.45) is 0 Å². The standard InChI is InChI=1S/C8H6FN5O4S/c9-5-2-1-3-6(7(5)14(15)16)19(17,18)13-8-10-4-11-12-8/h1-4H,(H2,10,11,12,13). The zero-order chi connectivity index (χ0) is 14.0. The number of benzene rings is 1. The minimum atomic E-state index is -4.35. The summed E-state index contributed by atoms with van der Waals surface area (Å²) in [6.07, 6.45) is 1.04. The summed E-state index contributed by atoms with van der Waals surface area (Å²) in [7, 11) is -4.35. The Labute approximate surface area is 105 Å². The molecule has 100 valence electrons. The number of aromatic nitrogens is 3. The van der Waals surface area contributed by atoms with Gasteiger partial charge in [-0.2, -0.15) is 14.5 Å². The number of H-pyrrole nitrogens is 1. The number of nitrogens with zero attached hydrogens (tertiary/aromatic N) is 3. The van der Waals surface area contributed by atoms with Gasteiger partial charge in [0, 0.05) is 0 Å². The summed E-state index contributed by atoms with van der Waals surface area (Å²) in [6.45, 7) is 0. The van der Waals surface area contributed by atoms with Crippen LogP contribution in [-0.4, -0.2) is 28.5 Å². The number of hydrogen-bond acceptors (Lipinski definition) is 6. The Bertz CT molecular complexity index is 715. The summed E-state index contributed by atoms with van der Waals surface area (Å²) in [4.78, 5) is 12.3. The highest BCUT2D eigenvalue weighted by molar-refractivity contribution is 7.92. The molecule has 0 spiro atoms.